The number of hydrogen-bond acceptors (Lipinski definition) is 3. The van der Waals surface area contributed by atoms with Crippen molar-refractivity contribution in [3.8, 4) is 0 Å². The Morgan fingerprint density at radius 3 is 2.44 bits per heavy atom. The largest absolute Gasteiger partial charge is 0.336 e. The Labute approximate surface area is 161 Å². The van der Waals surface area contributed by atoms with Gasteiger partial charge in [0.15, 0.2) is 0 Å². The molecular weight excluding hydrogens is 400 g/mol. The second-order valence-corrected chi connectivity index (χ2v) is 7.82. The van der Waals surface area contributed by atoms with E-state index in [1.165, 1.54) is 22.2 Å². The summed E-state index contributed by atoms with van der Waals surface area (Å²) in [6, 6.07) is 13.7. The minimum atomic E-state index is -0.207. The van der Waals surface area contributed by atoms with Gasteiger partial charge in [0.1, 0.15) is 0 Å². The minimum absolute atomic E-state index is 0.0306. The Balaban J connectivity index is 1.83. The van der Waals surface area contributed by atoms with Gasteiger partial charge in [-0.3, -0.25) is 9.59 Å². The van der Waals surface area contributed by atoms with Crippen molar-refractivity contribution in [2.24, 2.45) is 0 Å². The quantitative estimate of drug-likeness (QED) is 0.710. The van der Waals surface area contributed by atoms with Crippen LogP contribution in [0.5, 0.6) is 0 Å². The van der Waals surface area contributed by atoms with Crippen LogP contribution >= 0.6 is 27.7 Å². The lowest BCUT2D eigenvalue weighted by Crippen LogP contribution is -2.36. The standard InChI is InChI=1S/C19H21BrN2O2S/c1-13-4-7-16(8-5-13)25-12-19(24)22(3)11-18(23)21-17-9-6-15(20)10-14(17)2/h4-10H,11-12H2,1-3H3,(H,21,23). The lowest BCUT2D eigenvalue weighted by atomic mass is 10.2. The average Bonchev–Trinajstić information content (AvgIpc) is 2.56. The van der Waals surface area contributed by atoms with Crippen LogP contribution in [0.2, 0.25) is 0 Å². The molecule has 0 aromatic heterocycles. The first-order chi connectivity index (χ1) is 11.8. The van der Waals surface area contributed by atoms with Gasteiger partial charge in [-0.25, -0.2) is 0 Å². The summed E-state index contributed by atoms with van der Waals surface area (Å²) in [5.74, 6) is 0.0271. The van der Waals surface area contributed by atoms with E-state index in [1.807, 2.05) is 56.3 Å². The summed E-state index contributed by atoms with van der Waals surface area (Å²) in [7, 11) is 1.64. The van der Waals surface area contributed by atoms with Crippen LogP contribution in [0.3, 0.4) is 0 Å². The minimum Gasteiger partial charge on any atom is -0.336 e. The summed E-state index contributed by atoms with van der Waals surface area (Å²) >= 11 is 4.87. The van der Waals surface area contributed by atoms with E-state index in [4.69, 9.17) is 0 Å². The van der Waals surface area contributed by atoms with Crippen LogP contribution in [-0.2, 0) is 9.59 Å². The molecule has 0 aliphatic rings. The molecule has 6 heteroatoms. The number of anilines is 1. The highest BCUT2D eigenvalue weighted by Crippen LogP contribution is 2.20. The van der Waals surface area contributed by atoms with E-state index in [9.17, 15) is 9.59 Å². The van der Waals surface area contributed by atoms with Gasteiger partial charge in [0.05, 0.1) is 12.3 Å². The summed E-state index contributed by atoms with van der Waals surface area (Å²) in [5.41, 5.74) is 2.91. The number of rotatable bonds is 6. The zero-order valence-corrected chi connectivity index (χ0v) is 16.9. The molecule has 2 rings (SSSR count). The molecule has 1 N–H and O–H groups in total. The number of aryl methyl sites for hydroxylation is 2. The molecule has 0 heterocycles. The Hall–Kier alpha value is -1.79. The predicted molar refractivity (Wildman–Crippen MR) is 107 cm³/mol. The molecule has 0 atom stereocenters. The first kappa shape index (κ1) is 19.5. The number of hydrogen-bond donors (Lipinski definition) is 1. The van der Waals surface area contributed by atoms with Gasteiger partial charge in [-0.2, -0.15) is 0 Å². The van der Waals surface area contributed by atoms with Crippen LogP contribution < -0.4 is 5.32 Å². The summed E-state index contributed by atoms with van der Waals surface area (Å²) < 4.78 is 0.962. The van der Waals surface area contributed by atoms with E-state index in [2.05, 4.69) is 21.2 Å². The molecule has 0 radical (unpaired) electrons. The zero-order valence-electron chi connectivity index (χ0n) is 14.5. The van der Waals surface area contributed by atoms with Gasteiger partial charge in [-0.1, -0.05) is 33.6 Å². The number of likely N-dealkylation sites (N-methyl/N-ethyl adjacent to an activating group) is 1. The summed E-state index contributed by atoms with van der Waals surface area (Å²) in [6.07, 6.45) is 0. The normalized spacial score (nSPS) is 10.4. The smallest absolute Gasteiger partial charge is 0.243 e. The number of nitrogens with zero attached hydrogens (tertiary/aromatic N) is 1. The maximum Gasteiger partial charge on any atom is 0.243 e. The van der Waals surface area contributed by atoms with Crippen molar-refractivity contribution in [1.29, 1.82) is 0 Å². The SMILES string of the molecule is Cc1ccc(SCC(=O)N(C)CC(=O)Nc2ccc(Br)cc2C)cc1. The van der Waals surface area contributed by atoms with Gasteiger partial charge in [0, 0.05) is 22.1 Å². The molecule has 132 valence electrons. The van der Waals surface area contributed by atoms with Crippen molar-refractivity contribution in [3.63, 3.8) is 0 Å². The molecule has 4 nitrogen and oxygen atoms in total. The van der Waals surface area contributed by atoms with Crippen molar-refractivity contribution >= 4 is 45.2 Å². The topological polar surface area (TPSA) is 49.4 Å². The molecule has 0 fully saturated rings. The molecular formula is C19H21BrN2O2S. The lowest BCUT2D eigenvalue weighted by Gasteiger charge is -2.17. The highest BCUT2D eigenvalue weighted by molar-refractivity contribution is 9.10. The van der Waals surface area contributed by atoms with Crippen molar-refractivity contribution < 1.29 is 9.59 Å². The van der Waals surface area contributed by atoms with Gasteiger partial charge in [0.25, 0.3) is 0 Å². The van der Waals surface area contributed by atoms with Gasteiger partial charge >= 0.3 is 0 Å². The molecule has 2 aromatic carbocycles. The van der Waals surface area contributed by atoms with E-state index in [0.717, 1.165) is 20.6 Å². The Morgan fingerprint density at radius 2 is 1.80 bits per heavy atom. The predicted octanol–water partition coefficient (Wildman–Crippen LogP) is 4.26. The van der Waals surface area contributed by atoms with E-state index in [0.29, 0.717) is 5.75 Å². The van der Waals surface area contributed by atoms with Crippen LogP contribution in [0.1, 0.15) is 11.1 Å². The van der Waals surface area contributed by atoms with E-state index >= 15 is 0 Å². The van der Waals surface area contributed by atoms with Crippen molar-refractivity contribution in [2.45, 2.75) is 18.7 Å². The molecule has 2 aromatic rings. The molecule has 0 aliphatic carbocycles. The molecule has 0 saturated carbocycles. The number of thioether (sulfide) groups is 1. The first-order valence-corrected chi connectivity index (χ1v) is 9.62. The number of nitrogens with one attached hydrogen (secondary N) is 1. The number of carbonyl (C=O) groups is 2. The van der Waals surface area contributed by atoms with Crippen molar-refractivity contribution in [1.82, 2.24) is 4.90 Å². The van der Waals surface area contributed by atoms with Gasteiger partial charge in [-0.05, 0) is 49.7 Å². The third kappa shape index (κ3) is 6.21. The number of carbonyl (C=O) groups excluding carboxylic acids is 2. The van der Waals surface area contributed by atoms with E-state index in [1.54, 1.807) is 7.05 Å². The van der Waals surface area contributed by atoms with Crippen LogP contribution in [-0.4, -0.2) is 36.1 Å². The van der Waals surface area contributed by atoms with E-state index in [-0.39, 0.29) is 18.4 Å². The molecule has 0 bridgehead atoms. The van der Waals surface area contributed by atoms with Crippen molar-refractivity contribution in [3.05, 3.63) is 58.1 Å². The molecule has 25 heavy (non-hydrogen) atoms. The Kier molecular flexibility index (Phi) is 7.08. The third-order valence-electron chi connectivity index (χ3n) is 3.65. The summed E-state index contributed by atoms with van der Waals surface area (Å²) in [5, 5.41) is 2.84. The summed E-state index contributed by atoms with van der Waals surface area (Å²) in [6.45, 7) is 3.98. The first-order valence-electron chi connectivity index (χ1n) is 7.84. The Bertz CT molecular complexity index is 763. The van der Waals surface area contributed by atoms with Gasteiger partial charge < -0.3 is 10.2 Å². The second-order valence-electron chi connectivity index (χ2n) is 5.86. The fraction of sp³-hybridized carbons (Fsp3) is 0.263. The average molecular weight is 421 g/mol. The van der Waals surface area contributed by atoms with Crippen LogP contribution in [0, 0.1) is 13.8 Å². The molecule has 0 spiro atoms. The highest BCUT2D eigenvalue weighted by Gasteiger charge is 2.14. The molecule has 0 aliphatic heterocycles. The van der Waals surface area contributed by atoms with Crippen LogP contribution in [0.4, 0.5) is 5.69 Å². The number of benzene rings is 2. The Morgan fingerprint density at radius 1 is 1.12 bits per heavy atom. The van der Waals surface area contributed by atoms with Gasteiger partial charge in [0.2, 0.25) is 11.8 Å². The molecule has 0 saturated heterocycles. The third-order valence-corrected chi connectivity index (χ3v) is 5.14. The van der Waals surface area contributed by atoms with Crippen LogP contribution in [0.25, 0.3) is 0 Å². The lowest BCUT2D eigenvalue weighted by molar-refractivity contribution is -0.131. The van der Waals surface area contributed by atoms with Crippen LogP contribution in [0.15, 0.2) is 51.8 Å². The summed E-state index contributed by atoms with van der Waals surface area (Å²) in [4.78, 5) is 26.8. The number of halogens is 1. The monoisotopic (exact) mass is 420 g/mol. The van der Waals surface area contributed by atoms with Crippen molar-refractivity contribution in [2.75, 3.05) is 24.7 Å². The maximum atomic E-state index is 12.2. The molecule has 2 amide bonds. The zero-order chi connectivity index (χ0) is 18.4. The maximum absolute atomic E-state index is 12.2. The molecule has 0 unspecified atom stereocenters. The fourth-order valence-corrected chi connectivity index (χ4v) is 3.47. The second kappa shape index (κ2) is 9.06. The van der Waals surface area contributed by atoms with E-state index < -0.39 is 0 Å². The highest BCUT2D eigenvalue weighted by atomic mass is 79.9. The fourth-order valence-electron chi connectivity index (χ4n) is 2.15. The number of amides is 2. The van der Waals surface area contributed by atoms with Gasteiger partial charge in [-0.15, -0.1) is 11.8 Å².